The molecule has 0 N–H and O–H groups in total. The molecule has 1 aromatic heterocycles. The molecule has 0 unspecified atom stereocenters. The van der Waals surface area contributed by atoms with Crippen LogP contribution in [0.1, 0.15) is 19.8 Å². The summed E-state index contributed by atoms with van der Waals surface area (Å²) < 4.78 is 31.8. The first kappa shape index (κ1) is 15.4. The van der Waals surface area contributed by atoms with Gasteiger partial charge in [-0.2, -0.15) is 4.31 Å². The van der Waals surface area contributed by atoms with Gasteiger partial charge in [0, 0.05) is 26.2 Å². The minimum atomic E-state index is -3.56. The van der Waals surface area contributed by atoms with Crippen LogP contribution < -0.4 is 0 Å². The molecule has 1 aliphatic rings. The SMILES string of the molecule is CCCCN1CCN(S(=O)(=O)c2cccc3nonc23)CC1. The number of hydrogen-bond donors (Lipinski definition) is 0. The minimum Gasteiger partial charge on any atom is -0.301 e. The molecule has 1 aromatic carbocycles. The zero-order valence-electron chi connectivity index (χ0n) is 12.6. The van der Waals surface area contributed by atoms with Crippen molar-refractivity contribution in [2.45, 2.75) is 24.7 Å². The van der Waals surface area contributed by atoms with Gasteiger partial charge in [-0.25, -0.2) is 13.0 Å². The second-order valence-electron chi connectivity index (χ2n) is 5.49. The zero-order chi connectivity index (χ0) is 15.6. The standard InChI is InChI=1S/C14H20N4O3S/c1-2-3-7-17-8-10-18(11-9-17)22(19,20)13-6-4-5-12-14(13)16-21-15-12/h4-6H,2-3,7-11H2,1H3. The van der Waals surface area contributed by atoms with Crippen molar-refractivity contribution in [1.29, 1.82) is 0 Å². The van der Waals surface area contributed by atoms with E-state index in [1.807, 2.05) is 0 Å². The molecule has 0 saturated carbocycles. The highest BCUT2D eigenvalue weighted by molar-refractivity contribution is 7.89. The van der Waals surface area contributed by atoms with E-state index in [-0.39, 0.29) is 4.90 Å². The fourth-order valence-corrected chi connectivity index (χ4v) is 4.26. The molecule has 0 bridgehead atoms. The molecule has 7 nitrogen and oxygen atoms in total. The normalized spacial score (nSPS) is 18.0. The number of benzene rings is 1. The van der Waals surface area contributed by atoms with Crippen molar-refractivity contribution in [1.82, 2.24) is 19.5 Å². The van der Waals surface area contributed by atoms with E-state index in [2.05, 4.69) is 26.8 Å². The number of aromatic nitrogens is 2. The molecular formula is C14H20N4O3S. The van der Waals surface area contributed by atoms with Crippen LogP contribution in [0.25, 0.3) is 11.0 Å². The molecule has 120 valence electrons. The molecule has 2 aromatic rings. The first-order chi connectivity index (χ1) is 10.6. The lowest BCUT2D eigenvalue weighted by Gasteiger charge is -2.33. The van der Waals surface area contributed by atoms with E-state index in [1.54, 1.807) is 18.2 Å². The van der Waals surface area contributed by atoms with Crippen LogP contribution in [0.15, 0.2) is 27.7 Å². The Hall–Kier alpha value is -1.51. The van der Waals surface area contributed by atoms with Crippen LogP contribution in [0, 0.1) is 0 Å². The van der Waals surface area contributed by atoms with Crippen molar-refractivity contribution in [3.63, 3.8) is 0 Å². The monoisotopic (exact) mass is 324 g/mol. The van der Waals surface area contributed by atoms with Crippen molar-refractivity contribution in [3.8, 4) is 0 Å². The summed E-state index contributed by atoms with van der Waals surface area (Å²) in [5.74, 6) is 0. The molecule has 2 heterocycles. The summed E-state index contributed by atoms with van der Waals surface area (Å²) in [6.07, 6.45) is 2.30. The van der Waals surface area contributed by atoms with Gasteiger partial charge in [-0.1, -0.05) is 19.4 Å². The Morgan fingerprint density at radius 1 is 1.18 bits per heavy atom. The Morgan fingerprint density at radius 2 is 1.95 bits per heavy atom. The molecule has 1 saturated heterocycles. The lowest BCUT2D eigenvalue weighted by Crippen LogP contribution is -2.48. The van der Waals surface area contributed by atoms with E-state index in [9.17, 15) is 8.42 Å². The van der Waals surface area contributed by atoms with Crippen molar-refractivity contribution in [3.05, 3.63) is 18.2 Å². The Bertz CT molecular complexity index is 735. The summed E-state index contributed by atoms with van der Waals surface area (Å²) in [6, 6.07) is 4.91. The van der Waals surface area contributed by atoms with Crippen LogP contribution in [-0.2, 0) is 10.0 Å². The zero-order valence-corrected chi connectivity index (χ0v) is 13.4. The molecule has 0 atom stereocenters. The van der Waals surface area contributed by atoms with Gasteiger partial charge in [-0.15, -0.1) is 0 Å². The van der Waals surface area contributed by atoms with E-state index in [0.717, 1.165) is 32.5 Å². The molecule has 22 heavy (non-hydrogen) atoms. The largest absolute Gasteiger partial charge is 0.301 e. The van der Waals surface area contributed by atoms with E-state index in [0.29, 0.717) is 24.1 Å². The summed E-state index contributed by atoms with van der Waals surface area (Å²) >= 11 is 0. The summed E-state index contributed by atoms with van der Waals surface area (Å²) in [4.78, 5) is 2.49. The van der Waals surface area contributed by atoms with Crippen LogP contribution >= 0.6 is 0 Å². The number of hydrogen-bond acceptors (Lipinski definition) is 6. The summed E-state index contributed by atoms with van der Waals surface area (Å²) in [6.45, 7) is 5.75. The first-order valence-electron chi connectivity index (χ1n) is 7.56. The number of sulfonamides is 1. The average molecular weight is 324 g/mol. The van der Waals surface area contributed by atoms with Gasteiger partial charge in [-0.3, -0.25) is 0 Å². The topological polar surface area (TPSA) is 79.5 Å². The van der Waals surface area contributed by atoms with Gasteiger partial charge in [0.15, 0.2) is 5.52 Å². The predicted octanol–water partition coefficient (Wildman–Crippen LogP) is 1.33. The van der Waals surface area contributed by atoms with Gasteiger partial charge < -0.3 is 4.90 Å². The number of piperazine rings is 1. The van der Waals surface area contributed by atoms with E-state index >= 15 is 0 Å². The summed E-state index contributed by atoms with van der Waals surface area (Å²) in [5, 5.41) is 7.44. The Morgan fingerprint density at radius 3 is 2.68 bits per heavy atom. The average Bonchev–Trinajstić information content (AvgIpc) is 3.01. The highest BCUT2D eigenvalue weighted by Gasteiger charge is 2.30. The molecule has 8 heteroatoms. The van der Waals surface area contributed by atoms with Gasteiger partial charge in [-0.05, 0) is 35.4 Å². The van der Waals surface area contributed by atoms with Crippen molar-refractivity contribution >= 4 is 21.1 Å². The maximum Gasteiger partial charge on any atom is 0.245 e. The smallest absolute Gasteiger partial charge is 0.245 e. The Labute approximate surface area is 129 Å². The quantitative estimate of drug-likeness (QED) is 0.825. The van der Waals surface area contributed by atoms with Crippen LogP contribution in [0.2, 0.25) is 0 Å². The summed E-state index contributed by atoms with van der Waals surface area (Å²) in [7, 11) is -3.56. The van der Waals surface area contributed by atoms with Crippen molar-refractivity contribution in [2.75, 3.05) is 32.7 Å². The number of unbranched alkanes of at least 4 members (excludes halogenated alkanes) is 1. The second-order valence-corrected chi connectivity index (χ2v) is 7.39. The van der Waals surface area contributed by atoms with Crippen LogP contribution in [0.3, 0.4) is 0 Å². The van der Waals surface area contributed by atoms with Gasteiger partial charge in [0.05, 0.1) is 0 Å². The molecule has 0 radical (unpaired) electrons. The van der Waals surface area contributed by atoms with Gasteiger partial charge in [0.2, 0.25) is 10.0 Å². The molecule has 3 rings (SSSR count). The minimum absolute atomic E-state index is 0.174. The number of fused-ring (bicyclic) bond motifs is 1. The van der Waals surface area contributed by atoms with E-state index < -0.39 is 10.0 Å². The maximum absolute atomic E-state index is 12.8. The predicted molar refractivity (Wildman–Crippen MR) is 81.9 cm³/mol. The molecule has 1 fully saturated rings. The molecule has 1 aliphatic heterocycles. The summed E-state index contributed by atoms with van der Waals surface area (Å²) in [5.41, 5.74) is 0.763. The maximum atomic E-state index is 12.8. The highest BCUT2D eigenvalue weighted by atomic mass is 32.2. The third kappa shape index (κ3) is 2.86. The van der Waals surface area contributed by atoms with Gasteiger partial charge >= 0.3 is 0 Å². The van der Waals surface area contributed by atoms with Gasteiger partial charge in [0.1, 0.15) is 10.4 Å². The lowest BCUT2D eigenvalue weighted by molar-refractivity contribution is 0.186. The van der Waals surface area contributed by atoms with Crippen LogP contribution in [0.4, 0.5) is 0 Å². The fraction of sp³-hybridized carbons (Fsp3) is 0.571. The van der Waals surface area contributed by atoms with Crippen LogP contribution in [0.5, 0.6) is 0 Å². The third-order valence-corrected chi connectivity index (χ3v) is 5.96. The molecule has 0 aliphatic carbocycles. The molecule has 0 amide bonds. The van der Waals surface area contributed by atoms with Gasteiger partial charge in [0.25, 0.3) is 0 Å². The van der Waals surface area contributed by atoms with E-state index in [1.165, 1.54) is 4.31 Å². The highest BCUT2D eigenvalue weighted by Crippen LogP contribution is 2.24. The molecule has 0 spiro atoms. The first-order valence-corrected chi connectivity index (χ1v) is 9.00. The Balaban J connectivity index is 1.78. The van der Waals surface area contributed by atoms with E-state index in [4.69, 9.17) is 0 Å². The fourth-order valence-electron chi connectivity index (χ4n) is 2.70. The van der Waals surface area contributed by atoms with Crippen LogP contribution in [-0.4, -0.2) is 60.7 Å². The van der Waals surface area contributed by atoms with Crippen molar-refractivity contribution in [2.24, 2.45) is 0 Å². The third-order valence-electron chi connectivity index (χ3n) is 4.03. The Kier molecular flexibility index (Phi) is 4.42. The number of nitrogens with zero attached hydrogens (tertiary/aromatic N) is 4. The number of rotatable bonds is 5. The second kappa shape index (κ2) is 6.31. The van der Waals surface area contributed by atoms with Crippen molar-refractivity contribution < 1.29 is 13.0 Å². The lowest BCUT2D eigenvalue weighted by atomic mass is 10.3. The molecular weight excluding hydrogens is 304 g/mol.